The molecule has 0 radical (unpaired) electrons. The van der Waals surface area contributed by atoms with Crippen LogP contribution in [0.15, 0.2) is 48.9 Å². The highest BCUT2D eigenvalue weighted by atomic mass is 16.5. The highest BCUT2D eigenvalue weighted by molar-refractivity contribution is 6.03. The maximum atomic E-state index is 12.4. The fourth-order valence-corrected chi connectivity index (χ4v) is 4.56. The lowest BCUT2D eigenvalue weighted by atomic mass is 10.1. The molecule has 0 spiro atoms. The van der Waals surface area contributed by atoms with Gasteiger partial charge in [0.15, 0.2) is 0 Å². The van der Waals surface area contributed by atoms with Crippen molar-refractivity contribution >= 4 is 40.1 Å². The van der Waals surface area contributed by atoms with E-state index >= 15 is 0 Å². The van der Waals surface area contributed by atoms with Crippen LogP contribution in [0.1, 0.15) is 24.0 Å². The molecule has 2 N–H and O–H groups in total. The van der Waals surface area contributed by atoms with Gasteiger partial charge in [-0.2, -0.15) is 0 Å². The molecule has 5 rings (SSSR count). The Bertz CT molecular complexity index is 1310. The number of hydrogen-bond acceptors (Lipinski definition) is 9. The summed E-state index contributed by atoms with van der Waals surface area (Å²) in [4.78, 5) is 39.5. The van der Waals surface area contributed by atoms with Crippen LogP contribution >= 0.6 is 0 Å². The van der Waals surface area contributed by atoms with Crippen LogP contribution < -0.4 is 10.6 Å². The van der Waals surface area contributed by atoms with Gasteiger partial charge in [0.05, 0.1) is 31.5 Å². The summed E-state index contributed by atoms with van der Waals surface area (Å²) in [5.41, 5.74) is 4.36. The number of anilines is 3. The molecule has 1 aliphatic carbocycles. The van der Waals surface area contributed by atoms with Crippen LogP contribution in [0, 0.1) is 0 Å². The highest BCUT2D eigenvalue weighted by Crippen LogP contribution is 2.28. The number of aryl methyl sites for hydroxylation is 2. The van der Waals surface area contributed by atoms with Crippen LogP contribution in [-0.2, 0) is 31.9 Å². The normalized spacial score (nSPS) is 15.6. The maximum absolute atomic E-state index is 12.4. The third kappa shape index (κ3) is 6.66. The summed E-state index contributed by atoms with van der Waals surface area (Å²) < 4.78 is 10.5. The van der Waals surface area contributed by atoms with Crippen LogP contribution in [0.3, 0.4) is 0 Å². The Morgan fingerprint density at radius 3 is 2.81 bits per heavy atom. The fourth-order valence-electron chi connectivity index (χ4n) is 4.56. The predicted molar refractivity (Wildman–Crippen MR) is 140 cm³/mol. The van der Waals surface area contributed by atoms with Gasteiger partial charge in [-0.15, -0.1) is 0 Å². The lowest BCUT2D eigenvalue weighted by Gasteiger charge is -2.26. The first-order valence-electron chi connectivity index (χ1n) is 12.6. The monoisotopic (exact) mass is 502 g/mol. The summed E-state index contributed by atoms with van der Waals surface area (Å²) in [6.45, 7) is 4.42. The third-order valence-electron chi connectivity index (χ3n) is 6.47. The van der Waals surface area contributed by atoms with Gasteiger partial charge >= 0.3 is 5.97 Å². The Balaban J connectivity index is 1.15. The number of nitrogens with one attached hydrogen (secondary N) is 2. The lowest BCUT2D eigenvalue weighted by Crippen LogP contribution is -2.37. The molecule has 1 fully saturated rings. The van der Waals surface area contributed by atoms with Crippen molar-refractivity contribution in [3.8, 4) is 0 Å². The molecular formula is C27H30N6O4. The predicted octanol–water partition coefficient (Wildman–Crippen LogP) is 3.02. The second-order valence-corrected chi connectivity index (χ2v) is 9.07. The standard InChI is InChI=1S/C27H30N6O4/c34-25(7-8-26(35)37-12-2-9-33-10-13-36-14-11-33)32-24-16-22-23(17-28-24)29-18-30-27(22)31-21-6-5-19-3-1-4-20(19)15-21/h5-8,15-18H,1-4,9-14H2,(H,28,32,34)(H,29,30,31)/b8-7+. The SMILES string of the molecule is O=C(/C=C/C(=O)OCCCN1CCOCC1)Nc1cc2c(Nc3ccc4c(c3)CCC4)ncnc2cn1. The first-order chi connectivity index (χ1) is 18.1. The molecule has 3 aromatic rings. The average Bonchev–Trinajstić information content (AvgIpc) is 3.39. The molecule has 0 unspecified atom stereocenters. The second kappa shape index (κ2) is 11.9. The summed E-state index contributed by atoms with van der Waals surface area (Å²) in [6.07, 6.45) is 9.45. The molecule has 1 saturated heterocycles. The molecule has 10 heteroatoms. The summed E-state index contributed by atoms with van der Waals surface area (Å²) in [5.74, 6) is -0.0928. The number of rotatable bonds is 9. The summed E-state index contributed by atoms with van der Waals surface area (Å²) >= 11 is 0. The summed E-state index contributed by atoms with van der Waals surface area (Å²) in [6, 6.07) is 8.07. The second-order valence-electron chi connectivity index (χ2n) is 9.07. The number of pyridine rings is 1. The van der Waals surface area contributed by atoms with Gasteiger partial charge in [0, 0.05) is 42.9 Å². The average molecular weight is 503 g/mol. The fraction of sp³-hybridized carbons (Fsp3) is 0.370. The smallest absolute Gasteiger partial charge is 0.330 e. The van der Waals surface area contributed by atoms with Gasteiger partial charge in [0.2, 0.25) is 5.91 Å². The van der Waals surface area contributed by atoms with Gasteiger partial charge in [0.1, 0.15) is 18.0 Å². The van der Waals surface area contributed by atoms with Crippen molar-refractivity contribution in [1.29, 1.82) is 0 Å². The van der Waals surface area contributed by atoms with Crippen molar-refractivity contribution < 1.29 is 19.1 Å². The van der Waals surface area contributed by atoms with Crippen LogP contribution in [-0.4, -0.2) is 71.2 Å². The number of morpholine rings is 1. The number of carbonyl (C=O) groups excluding carboxylic acids is 2. The van der Waals surface area contributed by atoms with E-state index in [1.165, 1.54) is 23.9 Å². The van der Waals surface area contributed by atoms with E-state index in [0.29, 0.717) is 23.8 Å². The Morgan fingerprint density at radius 2 is 1.92 bits per heavy atom. The van der Waals surface area contributed by atoms with Gasteiger partial charge in [-0.05, 0) is 55.0 Å². The number of amides is 1. The molecule has 1 aromatic carbocycles. The molecule has 192 valence electrons. The molecule has 3 heterocycles. The van der Waals surface area contributed by atoms with Crippen molar-refractivity contribution in [3.63, 3.8) is 0 Å². The number of aromatic nitrogens is 3. The van der Waals surface area contributed by atoms with E-state index < -0.39 is 11.9 Å². The van der Waals surface area contributed by atoms with E-state index in [9.17, 15) is 9.59 Å². The van der Waals surface area contributed by atoms with Crippen LogP contribution in [0.4, 0.5) is 17.3 Å². The number of carbonyl (C=O) groups is 2. The molecule has 2 aromatic heterocycles. The van der Waals surface area contributed by atoms with E-state index in [1.807, 2.05) is 0 Å². The molecule has 37 heavy (non-hydrogen) atoms. The third-order valence-corrected chi connectivity index (χ3v) is 6.47. The molecular weight excluding hydrogens is 472 g/mol. The number of fused-ring (bicyclic) bond motifs is 2. The quantitative estimate of drug-likeness (QED) is 0.259. The number of ether oxygens (including phenoxy) is 2. The van der Waals surface area contributed by atoms with Crippen LogP contribution in [0.25, 0.3) is 10.9 Å². The number of nitrogens with zero attached hydrogens (tertiary/aromatic N) is 4. The van der Waals surface area contributed by atoms with Crippen LogP contribution in [0.2, 0.25) is 0 Å². The minimum absolute atomic E-state index is 0.300. The number of hydrogen-bond donors (Lipinski definition) is 2. The number of esters is 1. The first-order valence-corrected chi connectivity index (χ1v) is 12.6. The van der Waals surface area contributed by atoms with Gasteiger partial charge < -0.3 is 20.1 Å². The Hall–Kier alpha value is -3.89. The molecule has 2 aliphatic rings. The van der Waals surface area contributed by atoms with E-state index in [-0.39, 0.29) is 0 Å². The Labute approximate surface area is 215 Å². The van der Waals surface area contributed by atoms with Gasteiger partial charge in [0.25, 0.3) is 0 Å². The van der Waals surface area contributed by atoms with Crippen molar-refractivity contribution in [2.45, 2.75) is 25.7 Å². The molecule has 0 bridgehead atoms. The van der Waals surface area contributed by atoms with Crippen molar-refractivity contribution in [3.05, 3.63) is 60.1 Å². The molecule has 1 aliphatic heterocycles. The van der Waals surface area contributed by atoms with E-state index in [2.05, 4.69) is 48.7 Å². The van der Waals surface area contributed by atoms with Gasteiger partial charge in [-0.25, -0.2) is 19.7 Å². The van der Waals surface area contributed by atoms with E-state index in [4.69, 9.17) is 9.47 Å². The van der Waals surface area contributed by atoms with Crippen molar-refractivity contribution in [1.82, 2.24) is 19.9 Å². The van der Waals surface area contributed by atoms with E-state index in [1.54, 1.807) is 12.3 Å². The summed E-state index contributed by atoms with van der Waals surface area (Å²) in [7, 11) is 0. The first kappa shape index (κ1) is 24.8. The zero-order chi connectivity index (χ0) is 25.5. The van der Waals surface area contributed by atoms with E-state index in [0.717, 1.165) is 75.3 Å². The summed E-state index contributed by atoms with van der Waals surface area (Å²) in [5, 5.41) is 6.76. The van der Waals surface area contributed by atoms with Gasteiger partial charge in [-0.1, -0.05) is 6.07 Å². The number of benzene rings is 1. The molecule has 0 atom stereocenters. The van der Waals surface area contributed by atoms with Crippen molar-refractivity contribution in [2.24, 2.45) is 0 Å². The maximum Gasteiger partial charge on any atom is 0.330 e. The van der Waals surface area contributed by atoms with Gasteiger partial charge in [-0.3, -0.25) is 9.69 Å². The Kier molecular flexibility index (Phi) is 7.97. The minimum Gasteiger partial charge on any atom is -0.462 e. The lowest BCUT2D eigenvalue weighted by molar-refractivity contribution is -0.138. The zero-order valence-corrected chi connectivity index (χ0v) is 20.6. The van der Waals surface area contributed by atoms with Crippen LogP contribution in [0.5, 0.6) is 0 Å². The largest absolute Gasteiger partial charge is 0.462 e. The van der Waals surface area contributed by atoms with Crippen molar-refractivity contribution in [2.75, 3.05) is 50.1 Å². The highest BCUT2D eigenvalue weighted by Gasteiger charge is 2.13. The molecule has 0 saturated carbocycles. The Morgan fingerprint density at radius 1 is 1.05 bits per heavy atom. The topological polar surface area (TPSA) is 119 Å². The molecule has 1 amide bonds. The zero-order valence-electron chi connectivity index (χ0n) is 20.6. The molecule has 10 nitrogen and oxygen atoms in total. The minimum atomic E-state index is -0.558.